The van der Waals surface area contributed by atoms with E-state index in [4.69, 9.17) is 5.11 Å². The van der Waals surface area contributed by atoms with Gasteiger partial charge in [0.1, 0.15) is 6.23 Å². The molecule has 0 radical (unpaired) electrons. The monoisotopic (exact) mass is 201 g/mol. The summed E-state index contributed by atoms with van der Waals surface area (Å²) in [7, 11) is 3.39. The van der Waals surface area contributed by atoms with E-state index < -0.39 is 11.8 Å². The number of rotatable bonds is 3. The Balaban J connectivity index is 3.80. The molecule has 0 aliphatic heterocycles. The molecule has 62 valence electrons. The molecule has 0 amide bonds. The van der Waals surface area contributed by atoms with Crippen LogP contribution in [0.2, 0.25) is 0 Å². The molecule has 0 heterocycles. The highest BCUT2D eigenvalue weighted by Crippen LogP contribution is 2.55. The van der Waals surface area contributed by atoms with Crippen LogP contribution in [0.25, 0.3) is 0 Å². The van der Waals surface area contributed by atoms with E-state index in [-0.39, 0.29) is 6.16 Å². The Hall–Kier alpha value is 0.850. The third kappa shape index (κ3) is 5.62. The fourth-order valence-corrected chi connectivity index (χ4v) is 2.00. The van der Waals surface area contributed by atoms with Crippen molar-refractivity contribution < 1.29 is 9.67 Å². The highest BCUT2D eigenvalue weighted by atomic mass is 33.1. The van der Waals surface area contributed by atoms with Gasteiger partial charge in [0, 0.05) is 0 Å². The molecule has 0 saturated heterocycles. The zero-order valence-corrected chi connectivity index (χ0v) is 8.61. The third-order valence-electron chi connectivity index (χ3n) is 0.997. The second kappa shape index (κ2) is 4.02. The highest BCUT2D eigenvalue weighted by Gasteiger charge is 2.17. The second-order valence-electron chi connectivity index (χ2n) is 2.29. The summed E-state index contributed by atoms with van der Waals surface area (Å²) < 4.78 is 10.9. The van der Waals surface area contributed by atoms with E-state index in [1.54, 1.807) is 19.0 Å². The predicted octanol–water partition coefficient (Wildman–Crippen LogP) is 0.919. The van der Waals surface area contributed by atoms with Crippen LogP contribution in [-0.2, 0) is 4.57 Å². The molecule has 0 spiro atoms. The summed E-state index contributed by atoms with van der Waals surface area (Å²) in [6, 6.07) is 0. The Morgan fingerprint density at radius 2 is 2.00 bits per heavy atom. The summed E-state index contributed by atoms with van der Waals surface area (Å²) in [6.07, 6.45) is -0.618. The number of hydrogen-bond donors (Lipinski definition) is 3. The van der Waals surface area contributed by atoms with Gasteiger partial charge in [0.05, 0.1) is 6.16 Å². The average Bonchev–Trinajstić information content (AvgIpc) is 1.60. The maximum atomic E-state index is 10.9. The highest BCUT2D eigenvalue weighted by molar-refractivity contribution is 8.80. The van der Waals surface area contributed by atoms with Crippen molar-refractivity contribution in [2.45, 2.75) is 6.23 Å². The minimum atomic E-state index is -2.68. The number of aliphatic hydroxyl groups is 1. The Labute approximate surface area is 71.5 Å². The van der Waals surface area contributed by atoms with Gasteiger partial charge in [0.15, 0.2) is 5.55 Å². The molecular weight excluding hydrogens is 189 g/mol. The lowest BCUT2D eigenvalue weighted by atomic mass is 10.6. The Morgan fingerprint density at radius 3 is 2.10 bits per heavy atom. The molecule has 1 N–H and O–H groups in total. The lowest BCUT2D eigenvalue weighted by Gasteiger charge is -2.18. The maximum Gasteiger partial charge on any atom is 0.189 e. The Bertz CT molecular complexity index is 146. The van der Waals surface area contributed by atoms with E-state index in [9.17, 15) is 4.57 Å². The summed E-state index contributed by atoms with van der Waals surface area (Å²) in [5.41, 5.74) is -2.68. The first-order chi connectivity index (χ1) is 4.33. The predicted molar refractivity (Wildman–Crippen MR) is 50.1 cm³/mol. The normalized spacial score (nSPS) is 15.8. The van der Waals surface area contributed by atoms with E-state index in [0.29, 0.717) is 0 Å². The van der Waals surface area contributed by atoms with Gasteiger partial charge < -0.3 is 9.67 Å². The van der Waals surface area contributed by atoms with Crippen LogP contribution < -0.4 is 0 Å². The largest absolute Gasteiger partial charge is 0.378 e. The molecule has 1 atom stereocenters. The standard InChI is InChI=1S/C4H12NO2PS2/c1-5(2)4(6)3-8(7,9)10/h4,6H,3H2,1-2H3,(H2,7,9,10). The summed E-state index contributed by atoms with van der Waals surface area (Å²) in [4.78, 5) is 1.55. The van der Waals surface area contributed by atoms with Crippen LogP contribution in [0, 0.1) is 0 Å². The van der Waals surface area contributed by atoms with E-state index >= 15 is 0 Å². The molecule has 10 heavy (non-hydrogen) atoms. The van der Waals surface area contributed by atoms with Gasteiger partial charge in [-0.1, -0.05) is 0 Å². The smallest absolute Gasteiger partial charge is 0.189 e. The topological polar surface area (TPSA) is 40.5 Å². The fourth-order valence-electron chi connectivity index (χ4n) is 0.376. The van der Waals surface area contributed by atoms with Crippen molar-refractivity contribution in [3.8, 4) is 0 Å². The molecule has 0 aromatic carbocycles. The van der Waals surface area contributed by atoms with Crippen molar-refractivity contribution in [3.63, 3.8) is 0 Å². The van der Waals surface area contributed by atoms with Crippen molar-refractivity contribution in [2.24, 2.45) is 0 Å². The molecule has 0 bridgehead atoms. The Morgan fingerprint density at radius 1 is 1.60 bits per heavy atom. The van der Waals surface area contributed by atoms with E-state index in [1.807, 2.05) is 0 Å². The maximum absolute atomic E-state index is 10.9. The molecule has 0 aliphatic rings. The van der Waals surface area contributed by atoms with Gasteiger partial charge >= 0.3 is 0 Å². The molecule has 0 aromatic rings. The van der Waals surface area contributed by atoms with Crippen molar-refractivity contribution in [3.05, 3.63) is 0 Å². The van der Waals surface area contributed by atoms with Crippen LogP contribution in [-0.4, -0.2) is 36.5 Å². The number of aliphatic hydroxyl groups excluding tert-OH is 1. The molecular formula is C4H12NO2PS2. The van der Waals surface area contributed by atoms with Gasteiger partial charge in [-0.25, -0.2) is 0 Å². The van der Waals surface area contributed by atoms with E-state index in [2.05, 4.69) is 24.5 Å². The van der Waals surface area contributed by atoms with Crippen molar-refractivity contribution >= 4 is 30.0 Å². The zero-order valence-electron chi connectivity index (χ0n) is 5.93. The van der Waals surface area contributed by atoms with Gasteiger partial charge in [-0.05, 0) is 14.1 Å². The molecule has 0 aromatic heterocycles. The van der Waals surface area contributed by atoms with Crippen LogP contribution in [0.15, 0.2) is 0 Å². The number of hydrogen-bond acceptors (Lipinski definition) is 3. The fraction of sp³-hybridized carbons (Fsp3) is 1.00. The van der Waals surface area contributed by atoms with Gasteiger partial charge in [0.2, 0.25) is 0 Å². The molecule has 0 aliphatic carbocycles. The van der Waals surface area contributed by atoms with Gasteiger partial charge in [-0.2, -0.15) is 0 Å². The van der Waals surface area contributed by atoms with Crippen LogP contribution in [0.4, 0.5) is 0 Å². The quantitative estimate of drug-likeness (QED) is 0.361. The number of thiol groups is 2. The SMILES string of the molecule is CN(C)C(O)CP(=O)(S)S. The first kappa shape index (κ1) is 10.8. The molecule has 0 fully saturated rings. The van der Waals surface area contributed by atoms with Crippen LogP contribution in [0.3, 0.4) is 0 Å². The first-order valence-electron chi connectivity index (χ1n) is 2.72. The summed E-state index contributed by atoms with van der Waals surface area (Å²) in [5.74, 6) is 0. The van der Waals surface area contributed by atoms with Crippen molar-refractivity contribution in [2.75, 3.05) is 20.3 Å². The van der Waals surface area contributed by atoms with Crippen LogP contribution in [0.1, 0.15) is 0 Å². The summed E-state index contributed by atoms with van der Waals surface area (Å²) in [5, 5.41) is 9.12. The summed E-state index contributed by atoms with van der Waals surface area (Å²) in [6.45, 7) is 0. The van der Waals surface area contributed by atoms with Gasteiger partial charge in [-0.15, -0.1) is 24.5 Å². The second-order valence-corrected chi connectivity index (χ2v) is 8.81. The lowest BCUT2D eigenvalue weighted by Crippen LogP contribution is -2.29. The first-order valence-corrected chi connectivity index (χ1v) is 6.92. The molecule has 6 heteroatoms. The lowest BCUT2D eigenvalue weighted by molar-refractivity contribution is 0.0609. The Kier molecular flexibility index (Phi) is 4.36. The van der Waals surface area contributed by atoms with Crippen LogP contribution >= 0.6 is 30.0 Å². The molecule has 0 rings (SSSR count). The van der Waals surface area contributed by atoms with Crippen molar-refractivity contribution in [1.29, 1.82) is 0 Å². The molecule has 3 nitrogen and oxygen atoms in total. The third-order valence-corrected chi connectivity index (χ3v) is 2.78. The minimum absolute atomic E-state index is 0.103. The minimum Gasteiger partial charge on any atom is -0.378 e. The van der Waals surface area contributed by atoms with Crippen LogP contribution in [0.5, 0.6) is 0 Å². The zero-order chi connectivity index (χ0) is 8.36. The van der Waals surface area contributed by atoms with E-state index in [1.165, 1.54) is 0 Å². The van der Waals surface area contributed by atoms with Gasteiger partial charge in [-0.3, -0.25) is 4.90 Å². The molecule has 1 unspecified atom stereocenters. The average molecular weight is 201 g/mol. The summed E-state index contributed by atoms with van der Waals surface area (Å²) >= 11 is 7.44. The molecule has 0 saturated carbocycles. The van der Waals surface area contributed by atoms with Crippen molar-refractivity contribution in [1.82, 2.24) is 4.90 Å². The number of nitrogens with zero attached hydrogens (tertiary/aromatic N) is 1. The van der Waals surface area contributed by atoms with E-state index in [0.717, 1.165) is 0 Å². The van der Waals surface area contributed by atoms with Gasteiger partial charge in [0.25, 0.3) is 0 Å².